The van der Waals surface area contributed by atoms with Crippen LogP contribution in [0.1, 0.15) is 194 Å². The van der Waals surface area contributed by atoms with E-state index >= 15 is 0 Å². The number of nitrogens with one attached hydrogen (secondary N) is 1. The van der Waals surface area contributed by atoms with Crippen molar-refractivity contribution in [3.63, 3.8) is 0 Å². The number of rotatable bonds is 37. The first-order valence-electron chi connectivity index (χ1n) is 21.4. The third-order valence-corrected chi connectivity index (χ3v) is 8.86. The lowest BCUT2D eigenvalue weighted by Gasteiger charge is -2.12. The van der Waals surface area contributed by atoms with Crippen LogP contribution < -0.4 is 5.32 Å². The van der Waals surface area contributed by atoms with E-state index in [0.717, 1.165) is 44.9 Å². The molecule has 0 aromatic heterocycles. The number of allylic oxidation sites excluding steroid dienone is 8. The second kappa shape index (κ2) is 46.8. The lowest BCUT2D eigenvalue weighted by molar-refractivity contribution is -0.153. The van der Waals surface area contributed by atoms with E-state index in [1.807, 2.05) is 0 Å². The molecule has 0 saturated heterocycles. The molecule has 0 aliphatic heterocycles. The molecule has 0 aromatic rings. The zero-order valence-corrected chi connectivity index (χ0v) is 33.9. The maximum Gasteiger partial charge on any atom is 0.306 e. The van der Waals surface area contributed by atoms with Crippen LogP contribution in [0.5, 0.6) is 0 Å². The Kier molecular flexibility index (Phi) is 46.7. The molecule has 0 radical (unpaired) electrons. The highest BCUT2D eigenvalue weighted by molar-refractivity contribution is 5.75. The monoisotopic (exact) mass is 734 g/mol. The second-order valence-corrected chi connectivity index (χ2v) is 13.9. The summed E-state index contributed by atoms with van der Waals surface area (Å²) in [5.74, 6) is -0.297. The Morgan fingerprint density at radius 3 is 1.31 bits per heavy atom. The quantitative estimate of drug-likeness (QED) is 0.0287. The van der Waals surface area contributed by atoms with E-state index in [-0.39, 0.29) is 31.7 Å². The lowest BCUT2D eigenvalue weighted by Crippen LogP contribution is -2.25. The highest BCUT2D eigenvalue weighted by Gasteiger charge is 2.11. The zero-order chi connectivity index (χ0) is 38.4. The van der Waals surface area contributed by atoms with E-state index < -0.39 is 6.10 Å². The van der Waals surface area contributed by atoms with Crippen LogP contribution in [0.3, 0.4) is 0 Å². The first-order chi connectivity index (χ1) is 25.5. The van der Waals surface area contributed by atoms with E-state index in [9.17, 15) is 9.59 Å². The summed E-state index contributed by atoms with van der Waals surface area (Å²) in [6, 6.07) is 0. The molecule has 0 spiro atoms. The number of hydrogen-bond acceptors (Lipinski definition) is 6. The number of unbranched alkanes of at least 4 members (excludes halogenated alkanes) is 20. The molecule has 0 aliphatic rings. The molecule has 0 saturated carbocycles. The van der Waals surface area contributed by atoms with Gasteiger partial charge >= 0.3 is 5.97 Å². The molecule has 0 fully saturated rings. The normalized spacial score (nSPS) is 11.7. The summed E-state index contributed by atoms with van der Waals surface area (Å²) < 4.78 is 4.94. The van der Waals surface area contributed by atoms with Crippen LogP contribution in [0.2, 0.25) is 0 Å². The maximum atomic E-state index is 11.5. The molecule has 0 unspecified atom stereocenters. The first-order valence-corrected chi connectivity index (χ1v) is 21.4. The number of carbonyl (C=O) groups is 2. The van der Waals surface area contributed by atoms with Crippen molar-refractivity contribution in [3.8, 4) is 0 Å². The average Bonchev–Trinajstić information content (AvgIpc) is 3.15. The van der Waals surface area contributed by atoms with Crippen LogP contribution >= 0.6 is 0 Å². The number of aliphatic hydroxyl groups is 3. The zero-order valence-electron chi connectivity index (χ0n) is 33.9. The van der Waals surface area contributed by atoms with E-state index in [1.54, 1.807) is 0 Å². The summed E-state index contributed by atoms with van der Waals surface area (Å²) in [5.41, 5.74) is 0. The Morgan fingerprint density at radius 2 is 0.885 bits per heavy atom. The molecule has 4 N–H and O–H groups in total. The topological polar surface area (TPSA) is 116 Å². The number of hydrogen-bond donors (Lipinski definition) is 4. The number of ether oxygens (including phenoxy) is 1. The van der Waals surface area contributed by atoms with Crippen LogP contribution in [-0.2, 0) is 14.3 Å². The van der Waals surface area contributed by atoms with Crippen LogP contribution in [0.15, 0.2) is 48.6 Å². The van der Waals surface area contributed by atoms with Crippen molar-refractivity contribution in [3.05, 3.63) is 48.6 Å². The van der Waals surface area contributed by atoms with Gasteiger partial charge in [-0.2, -0.15) is 0 Å². The fourth-order valence-corrected chi connectivity index (χ4v) is 5.60. The molecular weight excluding hydrogens is 650 g/mol. The molecule has 1 amide bonds. The first kappa shape index (κ1) is 51.9. The van der Waals surface area contributed by atoms with Crippen molar-refractivity contribution in [2.45, 2.75) is 200 Å². The molecule has 52 heavy (non-hydrogen) atoms. The average molecular weight is 734 g/mol. The van der Waals surface area contributed by atoms with Crippen molar-refractivity contribution in [2.24, 2.45) is 0 Å². The molecule has 7 nitrogen and oxygen atoms in total. The molecular formula is C45H83NO6. The molecule has 304 valence electrons. The van der Waals surface area contributed by atoms with Crippen molar-refractivity contribution in [1.29, 1.82) is 0 Å². The summed E-state index contributed by atoms with van der Waals surface area (Å²) in [5, 5.41) is 29.0. The Labute approximate surface area is 320 Å². The van der Waals surface area contributed by atoms with Gasteiger partial charge in [-0.25, -0.2) is 0 Å². The predicted molar refractivity (Wildman–Crippen MR) is 221 cm³/mol. The van der Waals surface area contributed by atoms with Gasteiger partial charge in [0.15, 0.2) is 0 Å². The minimum Gasteiger partial charge on any atom is -0.457 e. The molecule has 0 atom stereocenters. The highest BCUT2D eigenvalue weighted by atomic mass is 16.6. The Bertz CT molecular complexity index is 849. The molecule has 0 aliphatic carbocycles. The number of aliphatic hydroxyl groups excluding tert-OH is 3. The summed E-state index contributed by atoms with van der Waals surface area (Å²) in [6.45, 7) is 4.22. The minimum atomic E-state index is -0.761. The van der Waals surface area contributed by atoms with Gasteiger partial charge in [0.25, 0.3) is 0 Å². The van der Waals surface area contributed by atoms with Gasteiger partial charge in [0, 0.05) is 19.4 Å². The summed E-state index contributed by atoms with van der Waals surface area (Å²) in [6.07, 6.45) is 50.1. The van der Waals surface area contributed by atoms with Crippen LogP contribution in [0.4, 0.5) is 0 Å². The number of amides is 1. The van der Waals surface area contributed by atoms with Gasteiger partial charge in [-0.05, 0) is 51.4 Å². The standard InChI is InChI=1S/C23H46O4.C22H37NO2/c1-2-3-4-5-6-7-8-9-10-11-12-13-14-15-16-17-18-19-23(26)27-22(20-24)21-25;1-2-3-4-5-6-7-8-9-10-11-12-13-14-15-16-17-18-19-22(25)23-20-21-24/h22,24-25H,2-21H2,1H3;6-7,9-10,12-13,15-16,24H,2-5,8,11,14,17-21H2,1H3,(H,23,25)/b;7-6-,10-9-,13-12-,16-15-. The van der Waals surface area contributed by atoms with E-state index in [1.165, 1.54) is 122 Å². The SMILES string of the molecule is CCCCC/C=C\C/C=C\C/C=C\C/C=C\CCCC(=O)NCCO.CCCCCCCCCCCCCCCCCCCC(=O)OC(CO)CO. The van der Waals surface area contributed by atoms with Crippen molar-refractivity contribution >= 4 is 11.9 Å². The van der Waals surface area contributed by atoms with E-state index in [4.69, 9.17) is 20.1 Å². The molecule has 0 bridgehead atoms. The highest BCUT2D eigenvalue weighted by Crippen LogP contribution is 2.14. The summed E-state index contributed by atoms with van der Waals surface area (Å²) in [4.78, 5) is 22.8. The largest absolute Gasteiger partial charge is 0.457 e. The number of carbonyl (C=O) groups excluding carboxylic acids is 2. The van der Waals surface area contributed by atoms with Crippen molar-refractivity contribution in [1.82, 2.24) is 5.32 Å². The van der Waals surface area contributed by atoms with E-state index in [2.05, 4.69) is 67.8 Å². The summed E-state index contributed by atoms with van der Waals surface area (Å²) >= 11 is 0. The Hall–Kier alpha value is -2.22. The molecule has 7 heteroatoms. The van der Waals surface area contributed by atoms with Gasteiger partial charge in [-0.15, -0.1) is 0 Å². The van der Waals surface area contributed by atoms with Gasteiger partial charge in [0.1, 0.15) is 6.10 Å². The lowest BCUT2D eigenvalue weighted by atomic mass is 10.0. The van der Waals surface area contributed by atoms with Crippen LogP contribution in [-0.4, -0.2) is 59.7 Å². The Balaban J connectivity index is 0. The maximum absolute atomic E-state index is 11.5. The molecule has 0 aromatic carbocycles. The summed E-state index contributed by atoms with van der Waals surface area (Å²) in [7, 11) is 0. The second-order valence-electron chi connectivity index (χ2n) is 13.9. The van der Waals surface area contributed by atoms with Gasteiger partial charge in [0.2, 0.25) is 5.91 Å². The fraction of sp³-hybridized carbons (Fsp3) is 0.778. The van der Waals surface area contributed by atoms with Gasteiger partial charge in [-0.3, -0.25) is 9.59 Å². The van der Waals surface area contributed by atoms with Gasteiger partial charge < -0.3 is 25.4 Å². The number of esters is 1. The van der Waals surface area contributed by atoms with Crippen LogP contribution in [0.25, 0.3) is 0 Å². The van der Waals surface area contributed by atoms with Gasteiger partial charge in [0.05, 0.1) is 19.8 Å². The predicted octanol–water partition coefficient (Wildman–Crippen LogP) is 11.2. The smallest absolute Gasteiger partial charge is 0.306 e. The third kappa shape index (κ3) is 45.8. The van der Waals surface area contributed by atoms with Crippen LogP contribution in [0, 0.1) is 0 Å². The third-order valence-electron chi connectivity index (χ3n) is 8.86. The Morgan fingerprint density at radius 1 is 0.500 bits per heavy atom. The molecule has 0 heterocycles. The van der Waals surface area contributed by atoms with Crippen molar-refractivity contribution in [2.75, 3.05) is 26.4 Å². The van der Waals surface area contributed by atoms with Crippen molar-refractivity contribution < 1.29 is 29.6 Å². The minimum absolute atomic E-state index is 0.00289. The van der Waals surface area contributed by atoms with E-state index in [0.29, 0.717) is 19.4 Å². The fourth-order valence-electron chi connectivity index (χ4n) is 5.60. The molecule has 0 rings (SSSR count). The van der Waals surface area contributed by atoms with Gasteiger partial charge in [-0.1, -0.05) is 178 Å².